The molecule has 0 bridgehead atoms. The summed E-state index contributed by atoms with van der Waals surface area (Å²) in [7, 11) is -1.81. The van der Waals surface area contributed by atoms with Crippen LogP contribution in [0.1, 0.15) is 21.7 Å². The van der Waals surface area contributed by atoms with Crippen molar-refractivity contribution in [1.29, 1.82) is 0 Å². The molecule has 0 aromatic carbocycles. The molecule has 0 saturated heterocycles. The molecule has 0 radical (unpaired) electrons. The molecule has 0 unspecified atom stereocenters. The first-order chi connectivity index (χ1) is 7.72. The fourth-order valence-electron chi connectivity index (χ4n) is 1.50. The Balaban J connectivity index is 2.71. The van der Waals surface area contributed by atoms with Crippen molar-refractivity contribution in [3.8, 4) is 0 Å². The number of primary sulfonamides is 1. The number of nitrogens with zero attached hydrogens (tertiary/aromatic N) is 2. The van der Waals surface area contributed by atoms with Gasteiger partial charge in [-0.2, -0.15) is 5.10 Å². The van der Waals surface area contributed by atoms with Crippen molar-refractivity contribution in [2.45, 2.75) is 13.8 Å². The summed E-state index contributed by atoms with van der Waals surface area (Å²) in [5, 5.41) is 11.4. The minimum absolute atomic E-state index is 0.00849. The quantitative estimate of drug-likeness (QED) is 0.728. The first-order valence-corrected chi connectivity index (χ1v) is 6.73. The van der Waals surface area contributed by atoms with E-state index in [0.717, 1.165) is 5.69 Å². The molecule has 1 rings (SSSR count). The van der Waals surface area contributed by atoms with Gasteiger partial charge in [0.15, 0.2) is 0 Å². The van der Waals surface area contributed by atoms with E-state index >= 15 is 0 Å². The summed E-state index contributed by atoms with van der Waals surface area (Å²) in [4.78, 5) is 11.8. The number of carbonyl (C=O) groups excluding carboxylic acids is 1. The number of amides is 1. The average Bonchev–Trinajstić information content (AvgIpc) is 2.38. The lowest BCUT2D eigenvalue weighted by Gasteiger charge is -2.04. The van der Waals surface area contributed by atoms with Gasteiger partial charge in [-0.25, -0.2) is 13.6 Å². The monoisotopic (exact) mass is 260 g/mol. The smallest absolute Gasteiger partial charge is 0.255 e. The maximum atomic E-state index is 11.8. The van der Waals surface area contributed by atoms with Crippen molar-refractivity contribution in [1.82, 2.24) is 15.1 Å². The summed E-state index contributed by atoms with van der Waals surface area (Å²) in [6, 6.07) is 0. The second-order valence-electron chi connectivity index (χ2n) is 3.79. The molecule has 0 atom stereocenters. The second kappa shape index (κ2) is 4.84. The third-order valence-corrected chi connectivity index (χ3v) is 3.18. The Labute approximate surface area is 100 Å². The van der Waals surface area contributed by atoms with E-state index in [2.05, 4.69) is 10.4 Å². The number of sulfonamides is 1. The highest BCUT2D eigenvalue weighted by Gasteiger charge is 2.17. The molecule has 0 aliphatic carbocycles. The van der Waals surface area contributed by atoms with Crippen LogP contribution in [0.3, 0.4) is 0 Å². The second-order valence-corrected chi connectivity index (χ2v) is 5.53. The van der Waals surface area contributed by atoms with Crippen LogP contribution >= 0.6 is 0 Å². The molecule has 1 aromatic rings. The highest BCUT2D eigenvalue weighted by molar-refractivity contribution is 7.89. The summed E-state index contributed by atoms with van der Waals surface area (Å²) in [5.41, 5.74) is 1.82. The SMILES string of the molecule is Cc1nn(C)c(C)c1C(=O)NCCS(N)(=O)=O. The number of rotatable bonds is 4. The Morgan fingerprint density at radius 2 is 2.06 bits per heavy atom. The summed E-state index contributed by atoms with van der Waals surface area (Å²) in [5.74, 6) is -0.617. The Kier molecular flexibility index (Phi) is 3.89. The summed E-state index contributed by atoms with van der Waals surface area (Å²) >= 11 is 0. The molecular formula is C9H16N4O3S. The molecule has 0 fully saturated rings. The van der Waals surface area contributed by atoms with Crippen molar-refractivity contribution >= 4 is 15.9 Å². The van der Waals surface area contributed by atoms with Gasteiger partial charge in [0.1, 0.15) is 0 Å². The van der Waals surface area contributed by atoms with E-state index < -0.39 is 10.0 Å². The van der Waals surface area contributed by atoms with Crippen LogP contribution < -0.4 is 10.5 Å². The van der Waals surface area contributed by atoms with Crippen molar-refractivity contribution < 1.29 is 13.2 Å². The zero-order chi connectivity index (χ0) is 13.2. The largest absolute Gasteiger partial charge is 0.351 e. The van der Waals surface area contributed by atoms with E-state index in [4.69, 9.17) is 5.14 Å². The highest BCUT2D eigenvalue weighted by atomic mass is 32.2. The lowest BCUT2D eigenvalue weighted by atomic mass is 10.2. The summed E-state index contributed by atoms with van der Waals surface area (Å²) in [6.07, 6.45) is 0. The van der Waals surface area contributed by atoms with E-state index in [-0.39, 0.29) is 18.2 Å². The first-order valence-electron chi connectivity index (χ1n) is 5.01. The predicted octanol–water partition coefficient (Wildman–Crippen LogP) is -0.945. The number of carbonyl (C=O) groups is 1. The Morgan fingerprint density at radius 1 is 1.47 bits per heavy atom. The van der Waals surface area contributed by atoms with Gasteiger partial charge in [-0.15, -0.1) is 0 Å². The van der Waals surface area contributed by atoms with Crippen LogP contribution in [0.25, 0.3) is 0 Å². The molecule has 8 heteroatoms. The lowest BCUT2D eigenvalue weighted by Crippen LogP contribution is -2.32. The molecule has 0 aliphatic rings. The third kappa shape index (κ3) is 3.53. The highest BCUT2D eigenvalue weighted by Crippen LogP contribution is 2.11. The number of aryl methyl sites for hydroxylation is 2. The van der Waals surface area contributed by atoms with Crippen LogP contribution in [0.5, 0.6) is 0 Å². The van der Waals surface area contributed by atoms with Crippen LogP contribution in [0.15, 0.2) is 0 Å². The minimum Gasteiger partial charge on any atom is -0.351 e. The van der Waals surface area contributed by atoms with Crippen LogP contribution in [0.2, 0.25) is 0 Å². The standard InChI is InChI=1S/C9H16N4O3S/c1-6-8(7(2)13(3)12-6)9(14)11-4-5-17(10,15)16/h4-5H2,1-3H3,(H,11,14)(H2,10,15,16). The molecular weight excluding hydrogens is 244 g/mol. The van der Waals surface area contributed by atoms with Gasteiger partial charge in [-0.3, -0.25) is 9.48 Å². The Morgan fingerprint density at radius 3 is 2.47 bits per heavy atom. The fourth-order valence-corrected chi connectivity index (χ4v) is 1.88. The number of nitrogens with one attached hydrogen (secondary N) is 1. The van der Waals surface area contributed by atoms with E-state index in [0.29, 0.717) is 11.3 Å². The van der Waals surface area contributed by atoms with Crippen LogP contribution in [-0.2, 0) is 17.1 Å². The van der Waals surface area contributed by atoms with Gasteiger partial charge < -0.3 is 5.32 Å². The van der Waals surface area contributed by atoms with Gasteiger partial charge in [-0.05, 0) is 13.8 Å². The van der Waals surface area contributed by atoms with E-state index in [1.807, 2.05) is 0 Å². The topological polar surface area (TPSA) is 107 Å². The van der Waals surface area contributed by atoms with E-state index in [9.17, 15) is 13.2 Å². The predicted molar refractivity (Wildman–Crippen MR) is 63.0 cm³/mol. The summed E-state index contributed by atoms with van der Waals surface area (Å²) < 4.78 is 23.0. The molecule has 0 aliphatic heterocycles. The third-order valence-electron chi connectivity index (χ3n) is 2.41. The number of hydrogen-bond donors (Lipinski definition) is 2. The minimum atomic E-state index is -3.55. The van der Waals surface area contributed by atoms with Gasteiger partial charge in [0.2, 0.25) is 10.0 Å². The molecule has 1 heterocycles. The van der Waals surface area contributed by atoms with Crippen molar-refractivity contribution in [2.24, 2.45) is 12.2 Å². The lowest BCUT2D eigenvalue weighted by molar-refractivity contribution is 0.0955. The first kappa shape index (κ1) is 13.7. The Hall–Kier alpha value is -1.41. The van der Waals surface area contributed by atoms with Gasteiger partial charge in [0.25, 0.3) is 5.91 Å². The molecule has 1 aromatic heterocycles. The van der Waals surface area contributed by atoms with E-state index in [1.54, 1.807) is 25.6 Å². The van der Waals surface area contributed by atoms with Crippen LogP contribution in [-0.4, -0.2) is 36.4 Å². The van der Waals surface area contributed by atoms with Gasteiger partial charge in [0.05, 0.1) is 17.0 Å². The molecule has 96 valence electrons. The molecule has 3 N–H and O–H groups in total. The van der Waals surface area contributed by atoms with Crippen LogP contribution in [0.4, 0.5) is 0 Å². The molecule has 1 amide bonds. The van der Waals surface area contributed by atoms with Crippen LogP contribution in [0, 0.1) is 13.8 Å². The normalized spacial score (nSPS) is 11.5. The zero-order valence-electron chi connectivity index (χ0n) is 10.0. The number of hydrogen-bond acceptors (Lipinski definition) is 4. The maximum absolute atomic E-state index is 11.8. The fraction of sp³-hybridized carbons (Fsp3) is 0.556. The Bertz CT molecular complexity index is 533. The van der Waals surface area contributed by atoms with E-state index in [1.165, 1.54) is 0 Å². The number of nitrogens with two attached hydrogens (primary N) is 1. The van der Waals surface area contributed by atoms with Gasteiger partial charge in [-0.1, -0.05) is 0 Å². The molecule has 0 saturated carbocycles. The van der Waals surface area contributed by atoms with Crippen molar-refractivity contribution in [3.05, 3.63) is 17.0 Å². The zero-order valence-corrected chi connectivity index (χ0v) is 10.8. The molecule has 17 heavy (non-hydrogen) atoms. The van der Waals surface area contributed by atoms with Crippen molar-refractivity contribution in [2.75, 3.05) is 12.3 Å². The van der Waals surface area contributed by atoms with Crippen molar-refractivity contribution in [3.63, 3.8) is 0 Å². The van der Waals surface area contributed by atoms with Gasteiger partial charge in [0, 0.05) is 19.3 Å². The maximum Gasteiger partial charge on any atom is 0.255 e. The average molecular weight is 260 g/mol. The number of aromatic nitrogens is 2. The van der Waals surface area contributed by atoms with Gasteiger partial charge >= 0.3 is 0 Å². The summed E-state index contributed by atoms with van der Waals surface area (Å²) in [6.45, 7) is 3.49. The molecule has 0 spiro atoms. The molecule has 7 nitrogen and oxygen atoms in total.